The summed E-state index contributed by atoms with van der Waals surface area (Å²) >= 11 is 0. The highest BCUT2D eigenvalue weighted by Gasteiger charge is 2.30. The molecule has 0 aliphatic carbocycles. The quantitative estimate of drug-likeness (QED) is 0.876. The van der Waals surface area contributed by atoms with Crippen molar-refractivity contribution in [1.29, 1.82) is 0 Å². The monoisotopic (exact) mass is 337 g/mol. The van der Waals surface area contributed by atoms with Crippen LogP contribution in [0.4, 0.5) is 18.9 Å². The third kappa shape index (κ3) is 4.50. The van der Waals surface area contributed by atoms with Gasteiger partial charge in [0.1, 0.15) is 5.75 Å². The van der Waals surface area contributed by atoms with Crippen LogP contribution in [0.15, 0.2) is 42.5 Å². The van der Waals surface area contributed by atoms with Gasteiger partial charge < -0.3 is 10.1 Å². The number of carbonyl (C=O) groups is 1. The van der Waals surface area contributed by atoms with Crippen LogP contribution in [0.3, 0.4) is 0 Å². The summed E-state index contributed by atoms with van der Waals surface area (Å²) in [5.41, 5.74) is 1.12. The van der Waals surface area contributed by atoms with Crippen LogP contribution in [0.1, 0.15) is 23.6 Å². The summed E-state index contributed by atoms with van der Waals surface area (Å²) in [4.78, 5) is 12.2. The summed E-state index contributed by atoms with van der Waals surface area (Å²) in [6.07, 6.45) is -5.30. The van der Waals surface area contributed by atoms with Crippen LogP contribution in [0.2, 0.25) is 0 Å². The van der Waals surface area contributed by atoms with E-state index >= 15 is 0 Å². The van der Waals surface area contributed by atoms with Crippen molar-refractivity contribution in [3.8, 4) is 5.75 Å². The molecule has 0 spiro atoms. The molecule has 0 fully saturated rings. The molecule has 1 atom stereocenters. The van der Waals surface area contributed by atoms with Crippen LogP contribution >= 0.6 is 0 Å². The molecule has 0 aliphatic rings. The molecule has 2 aromatic rings. The van der Waals surface area contributed by atoms with E-state index in [4.69, 9.17) is 4.74 Å². The summed E-state index contributed by atoms with van der Waals surface area (Å²) in [5, 5.41) is 2.44. The lowest BCUT2D eigenvalue weighted by atomic mass is 10.1. The molecule has 2 aromatic carbocycles. The molecule has 0 radical (unpaired) electrons. The minimum atomic E-state index is -4.46. The number of amides is 1. The van der Waals surface area contributed by atoms with Gasteiger partial charge in [0.05, 0.1) is 5.56 Å². The molecule has 0 saturated heterocycles. The summed E-state index contributed by atoms with van der Waals surface area (Å²) in [6.45, 7) is 5.30. The maximum Gasteiger partial charge on any atom is 0.416 e. The highest BCUT2D eigenvalue weighted by atomic mass is 19.4. The number of rotatable bonds is 4. The number of benzene rings is 2. The molecule has 6 heteroatoms. The average Bonchev–Trinajstić information content (AvgIpc) is 2.50. The Morgan fingerprint density at radius 2 is 1.83 bits per heavy atom. The SMILES string of the molecule is Cc1ccc(C)c(O[C@@H](C)C(=O)Nc2cccc(C(F)(F)F)c2)c1. The standard InChI is InChI=1S/C18H18F3NO2/c1-11-7-8-12(2)16(9-11)24-13(3)17(23)22-15-6-4-5-14(10-15)18(19,20)21/h4-10,13H,1-3H3,(H,22,23)/t13-/m0/s1. The first-order valence-electron chi connectivity index (χ1n) is 7.39. The van der Waals surface area contributed by atoms with E-state index in [1.807, 2.05) is 32.0 Å². The first-order chi connectivity index (χ1) is 11.2. The summed E-state index contributed by atoms with van der Waals surface area (Å²) < 4.78 is 43.7. The van der Waals surface area contributed by atoms with Crippen LogP contribution in [0.25, 0.3) is 0 Å². The zero-order valence-corrected chi connectivity index (χ0v) is 13.6. The fourth-order valence-electron chi connectivity index (χ4n) is 2.10. The Balaban J connectivity index is 2.08. The number of hydrogen-bond acceptors (Lipinski definition) is 2. The number of alkyl halides is 3. The van der Waals surface area contributed by atoms with Crippen molar-refractivity contribution in [3.63, 3.8) is 0 Å². The Morgan fingerprint density at radius 3 is 2.50 bits per heavy atom. The number of halogens is 3. The van der Waals surface area contributed by atoms with Gasteiger partial charge in [-0.3, -0.25) is 4.79 Å². The Hall–Kier alpha value is -2.50. The van der Waals surface area contributed by atoms with E-state index in [1.165, 1.54) is 12.1 Å². The molecule has 24 heavy (non-hydrogen) atoms. The smallest absolute Gasteiger partial charge is 0.416 e. The van der Waals surface area contributed by atoms with E-state index in [0.717, 1.165) is 23.3 Å². The van der Waals surface area contributed by atoms with Crippen LogP contribution in [-0.2, 0) is 11.0 Å². The lowest BCUT2D eigenvalue weighted by molar-refractivity contribution is -0.137. The minimum Gasteiger partial charge on any atom is -0.481 e. The number of aryl methyl sites for hydroxylation is 2. The number of hydrogen-bond donors (Lipinski definition) is 1. The van der Waals surface area contributed by atoms with Crippen molar-refractivity contribution in [3.05, 3.63) is 59.2 Å². The first kappa shape index (κ1) is 17.8. The summed E-state index contributed by atoms with van der Waals surface area (Å²) in [5.74, 6) is 0.0527. The Bertz CT molecular complexity index is 741. The Labute approximate surface area is 138 Å². The first-order valence-corrected chi connectivity index (χ1v) is 7.39. The van der Waals surface area contributed by atoms with Gasteiger partial charge >= 0.3 is 6.18 Å². The highest BCUT2D eigenvalue weighted by molar-refractivity contribution is 5.94. The van der Waals surface area contributed by atoms with Gasteiger partial charge in [-0.25, -0.2) is 0 Å². The molecule has 0 saturated carbocycles. The number of ether oxygens (including phenoxy) is 1. The van der Waals surface area contributed by atoms with Crippen molar-refractivity contribution in [2.75, 3.05) is 5.32 Å². The second kappa shape index (κ2) is 6.95. The predicted octanol–water partition coefficient (Wildman–Crippen LogP) is 4.73. The second-order valence-electron chi connectivity index (χ2n) is 5.60. The van der Waals surface area contributed by atoms with Crippen LogP contribution in [-0.4, -0.2) is 12.0 Å². The lowest BCUT2D eigenvalue weighted by Gasteiger charge is -2.17. The molecule has 0 aromatic heterocycles. The largest absolute Gasteiger partial charge is 0.481 e. The molecule has 0 unspecified atom stereocenters. The normalized spacial score (nSPS) is 12.6. The molecule has 128 valence electrons. The molecule has 3 nitrogen and oxygen atoms in total. The van der Waals surface area contributed by atoms with Crippen molar-refractivity contribution >= 4 is 11.6 Å². The summed E-state index contributed by atoms with van der Waals surface area (Å²) in [7, 11) is 0. The zero-order chi connectivity index (χ0) is 17.9. The summed E-state index contributed by atoms with van der Waals surface area (Å²) in [6, 6.07) is 10.1. The van der Waals surface area contributed by atoms with Crippen LogP contribution in [0, 0.1) is 13.8 Å². The zero-order valence-electron chi connectivity index (χ0n) is 13.6. The van der Waals surface area contributed by atoms with E-state index in [1.54, 1.807) is 6.92 Å². The Morgan fingerprint density at radius 1 is 1.12 bits per heavy atom. The topological polar surface area (TPSA) is 38.3 Å². The van der Waals surface area contributed by atoms with Gasteiger partial charge in [0.25, 0.3) is 5.91 Å². The van der Waals surface area contributed by atoms with Crippen molar-refractivity contribution in [2.24, 2.45) is 0 Å². The predicted molar refractivity (Wildman–Crippen MR) is 86.1 cm³/mol. The maximum absolute atomic E-state index is 12.7. The van der Waals surface area contributed by atoms with E-state index < -0.39 is 23.8 Å². The Kier molecular flexibility index (Phi) is 5.17. The van der Waals surface area contributed by atoms with Crippen molar-refractivity contribution in [1.82, 2.24) is 0 Å². The third-order valence-corrected chi connectivity index (χ3v) is 3.47. The fourth-order valence-corrected chi connectivity index (χ4v) is 2.10. The van der Waals surface area contributed by atoms with Gasteiger partial charge in [0, 0.05) is 5.69 Å². The van der Waals surface area contributed by atoms with Gasteiger partial charge in [-0.1, -0.05) is 18.2 Å². The van der Waals surface area contributed by atoms with Gasteiger partial charge in [0.15, 0.2) is 6.10 Å². The molecule has 0 aliphatic heterocycles. The van der Waals surface area contributed by atoms with Gasteiger partial charge in [-0.05, 0) is 56.2 Å². The molecular weight excluding hydrogens is 319 g/mol. The van der Waals surface area contributed by atoms with Crippen LogP contribution in [0.5, 0.6) is 5.75 Å². The average molecular weight is 337 g/mol. The van der Waals surface area contributed by atoms with Gasteiger partial charge in [0.2, 0.25) is 0 Å². The highest BCUT2D eigenvalue weighted by Crippen LogP contribution is 2.30. The van der Waals surface area contributed by atoms with E-state index in [-0.39, 0.29) is 5.69 Å². The molecule has 0 heterocycles. The minimum absolute atomic E-state index is 0.0752. The number of anilines is 1. The number of nitrogens with one attached hydrogen (secondary N) is 1. The molecule has 1 N–H and O–H groups in total. The van der Waals surface area contributed by atoms with Crippen molar-refractivity contribution < 1.29 is 22.7 Å². The fraction of sp³-hybridized carbons (Fsp3) is 0.278. The molecule has 0 bridgehead atoms. The maximum atomic E-state index is 12.7. The van der Waals surface area contributed by atoms with E-state index in [2.05, 4.69) is 5.32 Å². The van der Waals surface area contributed by atoms with Crippen molar-refractivity contribution in [2.45, 2.75) is 33.1 Å². The van der Waals surface area contributed by atoms with Gasteiger partial charge in [-0.15, -0.1) is 0 Å². The molecular formula is C18H18F3NO2. The second-order valence-corrected chi connectivity index (χ2v) is 5.60. The number of carbonyl (C=O) groups excluding carboxylic acids is 1. The van der Waals surface area contributed by atoms with E-state index in [0.29, 0.717) is 5.75 Å². The van der Waals surface area contributed by atoms with Crippen LogP contribution < -0.4 is 10.1 Å². The molecule has 2 rings (SSSR count). The lowest BCUT2D eigenvalue weighted by Crippen LogP contribution is -2.30. The van der Waals surface area contributed by atoms with Gasteiger partial charge in [-0.2, -0.15) is 13.2 Å². The molecule has 1 amide bonds. The van der Waals surface area contributed by atoms with E-state index in [9.17, 15) is 18.0 Å². The third-order valence-electron chi connectivity index (χ3n) is 3.47.